The molecule has 0 saturated carbocycles. The highest BCUT2D eigenvalue weighted by atomic mass is 14.9. The summed E-state index contributed by atoms with van der Waals surface area (Å²) in [5.41, 5.74) is 7.84. The van der Waals surface area contributed by atoms with Gasteiger partial charge in [-0.3, -0.25) is 0 Å². The smallest absolute Gasteiger partial charge is 0.160 e. The summed E-state index contributed by atoms with van der Waals surface area (Å²) in [6.45, 7) is 0. The van der Waals surface area contributed by atoms with Crippen LogP contribution in [0.1, 0.15) is 0 Å². The second-order valence-corrected chi connectivity index (χ2v) is 14.0. The fourth-order valence-electron chi connectivity index (χ4n) is 8.18. The topological polar surface area (TPSA) is 38.7 Å². The number of rotatable bonds is 4. The quantitative estimate of drug-likeness (QED) is 0.173. The third-order valence-corrected chi connectivity index (χ3v) is 10.8. The van der Waals surface area contributed by atoms with E-state index in [2.05, 4.69) is 188 Å². The van der Waals surface area contributed by atoms with Gasteiger partial charge < -0.3 is 0 Å². The summed E-state index contributed by atoms with van der Waals surface area (Å²) in [5.74, 6) is 0.683. The molecule has 3 nitrogen and oxygen atoms in total. The van der Waals surface area contributed by atoms with Gasteiger partial charge in [0.15, 0.2) is 5.82 Å². The molecule has 0 N–H and O–H groups in total. The zero-order valence-electron chi connectivity index (χ0n) is 29.2. The summed E-state index contributed by atoms with van der Waals surface area (Å²) >= 11 is 0. The van der Waals surface area contributed by atoms with Crippen LogP contribution in [0.4, 0.5) is 0 Å². The standard InChI is InChI=1S/C51H31N3/c1-3-13-36-29-38(27-21-32(36)11-1)46-31-47(39-28-22-33-12-2-4-14-37(33)30-39)54-51(53-46)35-25-23-34(24-26-35)50-49-43-18-8-6-16-41(43)40-15-5-7-17-42(40)48(49)44-19-9-10-20-45(44)52-50/h1-31H. The molecule has 3 heteroatoms. The number of benzene rings is 9. The molecule has 0 spiro atoms. The van der Waals surface area contributed by atoms with Gasteiger partial charge in [-0.1, -0.05) is 164 Å². The molecule has 0 fully saturated rings. The van der Waals surface area contributed by atoms with E-state index in [0.29, 0.717) is 5.82 Å². The lowest BCUT2D eigenvalue weighted by Gasteiger charge is -2.16. The predicted molar refractivity (Wildman–Crippen MR) is 227 cm³/mol. The lowest BCUT2D eigenvalue weighted by molar-refractivity contribution is 1.18. The number of hydrogen-bond donors (Lipinski definition) is 0. The average molecular weight is 686 g/mol. The van der Waals surface area contributed by atoms with Gasteiger partial charge in [-0.05, 0) is 67.4 Å². The van der Waals surface area contributed by atoms with Crippen molar-refractivity contribution >= 4 is 64.8 Å². The van der Waals surface area contributed by atoms with Crippen molar-refractivity contribution in [3.63, 3.8) is 0 Å². The second-order valence-electron chi connectivity index (χ2n) is 14.0. The molecule has 0 aliphatic rings. The van der Waals surface area contributed by atoms with E-state index in [1.165, 1.54) is 53.9 Å². The monoisotopic (exact) mass is 685 g/mol. The van der Waals surface area contributed by atoms with Gasteiger partial charge in [-0.2, -0.15) is 0 Å². The van der Waals surface area contributed by atoms with Gasteiger partial charge in [0.05, 0.1) is 22.6 Å². The first kappa shape index (κ1) is 30.4. The molecule has 2 aromatic heterocycles. The highest BCUT2D eigenvalue weighted by molar-refractivity contribution is 6.33. The Bertz CT molecular complexity index is 3180. The van der Waals surface area contributed by atoms with Crippen molar-refractivity contribution in [3.8, 4) is 45.2 Å². The van der Waals surface area contributed by atoms with Gasteiger partial charge in [0.2, 0.25) is 0 Å². The Kier molecular flexibility index (Phi) is 6.86. The summed E-state index contributed by atoms with van der Waals surface area (Å²) in [7, 11) is 0. The Labute approximate surface area is 311 Å². The maximum Gasteiger partial charge on any atom is 0.160 e. The molecule has 0 unspecified atom stereocenters. The summed E-state index contributed by atoms with van der Waals surface area (Å²) in [6.07, 6.45) is 0. The van der Waals surface area contributed by atoms with Crippen molar-refractivity contribution in [3.05, 3.63) is 188 Å². The minimum absolute atomic E-state index is 0.683. The van der Waals surface area contributed by atoms with E-state index in [1.807, 2.05) is 0 Å². The third-order valence-electron chi connectivity index (χ3n) is 10.8. The lowest BCUT2D eigenvalue weighted by atomic mass is 9.90. The van der Waals surface area contributed by atoms with Crippen molar-refractivity contribution in [2.75, 3.05) is 0 Å². The summed E-state index contributed by atoms with van der Waals surface area (Å²) in [6, 6.07) is 66.8. The number of pyridine rings is 1. The molecule has 11 rings (SSSR count). The molecule has 9 aromatic carbocycles. The van der Waals surface area contributed by atoms with E-state index >= 15 is 0 Å². The van der Waals surface area contributed by atoms with Crippen molar-refractivity contribution in [2.24, 2.45) is 0 Å². The van der Waals surface area contributed by atoms with Gasteiger partial charge in [-0.15, -0.1) is 0 Å². The van der Waals surface area contributed by atoms with Crippen LogP contribution in [0.5, 0.6) is 0 Å². The van der Waals surface area contributed by atoms with Crippen LogP contribution in [-0.2, 0) is 0 Å². The molecule has 0 bridgehead atoms. The van der Waals surface area contributed by atoms with Crippen LogP contribution in [-0.4, -0.2) is 15.0 Å². The van der Waals surface area contributed by atoms with Crippen molar-refractivity contribution in [2.45, 2.75) is 0 Å². The van der Waals surface area contributed by atoms with Crippen molar-refractivity contribution in [1.29, 1.82) is 0 Å². The van der Waals surface area contributed by atoms with Gasteiger partial charge >= 0.3 is 0 Å². The predicted octanol–water partition coefficient (Wildman–Crippen LogP) is 13.5. The van der Waals surface area contributed by atoms with Crippen LogP contribution in [0.2, 0.25) is 0 Å². The summed E-state index contributed by atoms with van der Waals surface area (Å²) in [5, 5.41) is 13.3. The number of aromatic nitrogens is 3. The molecule has 2 heterocycles. The number of fused-ring (bicyclic) bond motifs is 10. The maximum atomic E-state index is 5.36. The molecule has 0 saturated heterocycles. The van der Waals surface area contributed by atoms with E-state index in [4.69, 9.17) is 15.0 Å². The first-order valence-corrected chi connectivity index (χ1v) is 18.4. The number of para-hydroxylation sites is 1. The van der Waals surface area contributed by atoms with E-state index in [-0.39, 0.29) is 0 Å². The molecular weight excluding hydrogens is 655 g/mol. The molecule has 54 heavy (non-hydrogen) atoms. The van der Waals surface area contributed by atoms with Crippen LogP contribution in [0.15, 0.2) is 188 Å². The van der Waals surface area contributed by atoms with Crippen LogP contribution >= 0.6 is 0 Å². The highest BCUT2D eigenvalue weighted by Gasteiger charge is 2.18. The fourth-order valence-corrected chi connectivity index (χ4v) is 8.18. The normalized spacial score (nSPS) is 11.7. The van der Waals surface area contributed by atoms with E-state index in [1.54, 1.807) is 0 Å². The Balaban J connectivity index is 1.11. The summed E-state index contributed by atoms with van der Waals surface area (Å²) in [4.78, 5) is 15.8. The van der Waals surface area contributed by atoms with Crippen LogP contribution in [0, 0.1) is 0 Å². The van der Waals surface area contributed by atoms with Crippen LogP contribution in [0.3, 0.4) is 0 Å². The SMILES string of the molecule is c1ccc2cc(-c3cc(-c4ccc5ccccc5c4)nc(-c4ccc(-c5nc6ccccc6c6c7ccccc7c7ccccc7c56)cc4)n3)ccc2c1. The van der Waals surface area contributed by atoms with Gasteiger partial charge in [0, 0.05) is 38.4 Å². The van der Waals surface area contributed by atoms with Crippen molar-refractivity contribution in [1.82, 2.24) is 15.0 Å². The van der Waals surface area contributed by atoms with Crippen LogP contribution < -0.4 is 0 Å². The van der Waals surface area contributed by atoms with E-state index in [9.17, 15) is 0 Å². The molecule has 0 amide bonds. The zero-order chi connectivity index (χ0) is 35.6. The van der Waals surface area contributed by atoms with Gasteiger partial charge in [0.1, 0.15) is 0 Å². The Hall–Kier alpha value is -7.23. The molecule has 0 atom stereocenters. The maximum absolute atomic E-state index is 5.36. The Morgan fingerprint density at radius 2 is 0.722 bits per heavy atom. The Morgan fingerprint density at radius 1 is 0.278 bits per heavy atom. The minimum atomic E-state index is 0.683. The van der Waals surface area contributed by atoms with Crippen LogP contribution in [0.25, 0.3) is 110 Å². The first-order valence-electron chi connectivity index (χ1n) is 18.4. The largest absolute Gasteiger partial charge is 0.247 e. The third kappa shape index (κ3) is 4.94. The highest BCUT2D eigenvalue weighted by Crippen LogP contribution is 2.43. The first-order chi connectivity index (χ1) is 26.7. The molecule has 0 radical (unpaired) electrons. The fraction of sp³-hybridized carbons (Fsp3) is 0. The summed E-state index contributed by atoms with van der Waals surface area (Å²) < 4.78 is 0. The van der Waals surface area contributed by atoms with E-state index in [0.717, 1.165) is 50.2 Å². The number of hydrogen-bond acceptors (Lipinski definition) is 3. The minimum Gasteiger partial charge on any atom is -0.247 e. The van der Waals surface area contributed by atoms with Gasteiger partial charge in [-0.25, -0.2) is 15.0 Å². The molecule has 0 aliphatic heterocycles. The van der Waals surface area contributed by atoms with Gasteiger partial charge in [0.25, 0.3) is 0 Å². The average Bonchev–Trinajstić information content (AvgIpc) is 3.25. The zero-order valence-corrected chi connectivity index (χ0v) is 29.2. The lowest BCUT2D eigenvalue weighted by Crippen LogP contribution is -1.96. The van der Waals surface area contributed by atoms with Crippen molar-refractivity contribution < 1.29 is 0 Å². The molecule has 11 aromatic rings. The molecule has 250 valence electrons. The number of nitrogens with zero attached hydrogens (tertiary/aromatic N) is 3. The molecule has 0 aliphatic carbocycles. The molecular formula is C51H31N3. The van der Waals surface area contributed by atoms with E-state index < -0.39 is 0 Å². The second kappa shape index (κ2) is 12.2. The Morgan fingerprint density at radius 3 is 1.31 bits per heavy atom.